The van der Waals surface area contributed by atoms with Crippen LogP contribution in [0.2, 0.25) is 0 Å². The molecule has 1 saturated heterocycles. The van der Waals surface area contributed by atoms with E-state index in [1.807, 2.05) is 30.3 Å². The first-order chi connectivity index (χ1) is 14.5. The molecule has 2 aromatic rings. The molecule has 1 aliphatic rings. The number of carboxylic acids is 1. The third-order valence-electron chi connectivity index (χ3n) is 5.22. The highest BCUT2D eigenvalue weighted by atomic mass is 35.5. The van der Waals surface area contributed by atoms with Gasteiger partial charge in [0.2, 0.25) is 0 Å². The van der Waals surface area contributed by atoms with Crippen molar-refractivity contribution in [2.45, 2.75) is 38.0 Å². The van der Waals surface area contributed by atoms with Gasteiger partial charge in [-0.25, -0.2) is 9.59 Å². The Labute approximate surface area is 186 Å². The lowest BCUT2D eigenvalue weighted by Crippen LogP contribution is -3.00. The van der Waals surface area contributed by atoms with Crippen LogP contribution in [-0.4, -0.2) is 47.7 Å². The van der Waals surface area contributed by atoms with E-state index in [2.05, 4.69) is 0 Å². The maximum absolute atomic E-state index is 12.9. The van der Waals surface area contributed by atoms with Crippen molar-refractivity contribution in [3.63, 3.8) is 0 Å². The Hall–Kier alpha value is -3.13. The average molecular weight is 449 g/mol. The number of piperidine rings is 1. The molecule has 0 spiro atoms. The molecule has 1 N–H and O–H groups in total. The average Bonchev–Trinajstić information content (AvgIpc) is 2.78. The van der Waals surface area contributed by atoms with Gasteiger partial charge in [-0.2, -0.15) is 4.57 Å². The van der Waals surface area contributed by atoms with Crippen LogP contribution in [0.4, 0.5) is 4.79 Å². The number of carbonyl (C=O) groups excluding carboxylic acids is 2. The van der Waals surface area contributed by atoms with E-state index in [9.17, 15) is 14.4 Å². The fourth-order valence-electron chi connectivity index (χ4n) is 3.77. The van der Waals surface area contributed by atoms with Gasteiger partial charge in [0, 0.05) is 12.6 Å². The zero-order chi connectivity index (χ0) is 21.5. The monoisotopic (exact) mass is 448 g/mol. The van der Waals surface area contributed by atoms with Gasteiger partial charge in [0.1, 0.15) is 11.5 Å². The highest BCUT2D eigenvalue weighted by Crippen LogP contribution is 2.32. The highest BCUT2D eigenvalue weighted by Gasteiger charge is 2.39. The molecule has 9 heteroatoms. The second kappa shape index (κ2) is 11.3. The zero-order valence-electron chi connectivity index (χ0n) is 17.1. The third-order valence-corrected chi connectivity index (χ3v) is 5.22. The minimum absolute atomic E-state index is 0. The van der Waals surface area contributed by atoms with E-state index in [1.165, 1.54) is 23.9 Å². The van der Waals surface area contributed by atoms with Gasteiger partial charge >= 0.3 is 18.0 Å². The summed E-state index contributed by atoms with van der Waals surface area (Å²) in [5.41, 5.74) is 0.886. The van der Waals surface area contributed by atoms with Crippen molar-refractivity contribution < 1.29 is 45.9 Å². The molecule has 3 rings (SSSR count). The number of pyridine rings is 1. The van der Waals surface area contributed by atoms with Crippen molar-refractivity contribution in [1.82, 2.24) is 4.90 Å². The largest absolute Gasteiger partial charge is 1.00 e. The summed E-state index contributed by atoms with van der Waals surface area (Å²) < 4.78 is 12.0. The van der Waals surface area contributed by atoms with Gasteiger partial charge < -0.3 is 31.9 Å². The van der Waals surface area contributed by atoms with E-state index < -0.39 is 23.9 Å². The van der Waals surface area contributed by atoms with Crippen molar-refractivity contribution in [2.75, 3.05) is 13.7 Å². The molecule has 1 aliphatic heterocycles. The summed E-state index contributed by atoms with van der Waals surface area (Å²) in [6.45, 7) is 0.348. The Balaban J connectivity index is 0.00000341. The van der Waals surface area contributed by atoms with Gasteiger partial charge in [0.15, 0.2) is 12.4 Å². The summed E-state index contributed by atoms with van der Waals surface area (Å²) in [5, 5.41) is 9.10. The van der Waals surface area contributed by atoms with Gasteiger partial charge in [-0.3, -0.25) is 4.79 Å². The van der Waals surface area contributed by atoms with Crippen LogP contribution in [0, 0.1) is 0 Å². The van der Waals surface area contributed by atoms with E-state index in [4.69, 9.17) is 14.6 Å². The van der Waals surface area contributed by atoms with E-state index >= 15 is 0 Å². The lowest BCUT2D eigenvalue weighted by atomic mass is 9.85. The number of carbonyl (C=O) groups is 3. The second-order valence-corrected chi connectivity index (χ2v) is 7.12. The molecule has 8 nitrogen and oxygen atoms in total. The lowest BCUT2D eigenvalue weighted by Gasteiger charge is -2.38. The Bertz CT molecular complexity index is 908. The maximum Gasteiger partial charge on any atom is 0.414 e. The summed E-state index contributed by atoms with van der Waals surface area (Å²) in [4.78, 5) is 38.2. The topological polar surface area (TPSA) is 97.0 Å². The number of hydrogen-bond donors (Lipinski definition) is 1. The molecule has 0 aliphatic carbocycles. The molecule has 1 fully saturated rings. The molecule has 0 bridgehead atoms. The summed E-state index contributed by atoms with van der Waals surface area (Å²) >= 11 is 0. The van der Waals surface area contributed by atoms with Gasteiger partial charge in [0.05, 0.1) is 13.2 Å². The first-order valence-electron chi connectivity index (χ1n) is 9.80. The van der Waals surface area contributed by atoms with Crippen LogP contribution in [0.15, 0.2) is 54.9 Å². The molecule has 1 aromatic heterocycles. The van der Waals surface area contributed by atoms with E-state index in [0.29, 0.717) is 13.0 Å². The standard InChI is InChI=1S/C22H24N2O6.ClH/c1-29-21(27)19(16-8-3-2-4-9-16)18-11-5-6-13-24(18)22(28)30-15-23-12-7-10-17(14-23)20(25)26;/h2-4,7-10,12,14,18-19H,5-6,11,13,15H2,1H3;1H. The number of carboxylic acid groups (broad SMARTS) is 1. The smallest absolute Gasteiger partial charge is 0.414 e. The summed E-state index contributed by atoms with van der Waals surface area (Å²) in [6, 6.07) is 11.9. The van der Waals surface area contributed by atoms with Crippen LogP contribution >= 0.6 is 0 Å². The van der Waals surface area contributed by atoms with Crippen molar-refractivity contribution in [1.29, 1.82) is 0 Å². The first kappa shape index (κ1) is 24.1. The highest BCUT2D eigenvalue weighted by molar-refractivity contribution is 5.86. The zero-order valence-corrected chi connectivity index (χ0v) is 17.9. The van der Waals surface area contributed by atoms with Crippen LogP contribution < -0.4 is 17.0 Å². The number of benzene rings is 1. The molecule has 0 radical (unpaired) electrons. The number of nitrogens with zero attached hydrogens (tertiary/aromatic N) is 2. The lowest BCUT2D eigenvalue weighted by molar-refractivity contribution is -0.727. The Kier molecular flexibility index (Phi) is 8.81. The van der Waals surface area contributed by atoms with Gasteiger partial charge in [-0.05, 0) is 30.9 Å². The molecular formula is C22H25ClN2O6. The van der Waals surface area contributed by atoms with Gasteiger partial charge in [-0.15, -0.1) is 0 Å². The number of methoxy groups -OCH3 is 1. The predicted octanol–water partition coefficient (Wildman–Crippen LogP) is -0.418. The third kappa shape index (κ3) is 5.95. The number of halogens is 1. The number of aromatic carboxylic acids is 1. The molecule has 2 unspecified atom stereocenters. The number of hydrogen-bond acceptors (Lipinski definition) is 5. The molecule has 2 heterocycles. The fourth-order valence-corrected chi connectivity index (χ4v) is 3.77. The molecule has 2 atom stereocenters. The number of likely N-dealkylation sites (tertiary alicyclic amines) is 1. The number of esters is 1. The molecule has 1 aromatic carbocycles. The minimum atomic E-state index is -1.06. The van der Waals surface area contributed by atoms with E-state index in [1.54, 1.807) is 17.2 Å². The van der Waals surface area contributed by atoms with Crippen LogP contribution in [0.3, 0.4) is 0 Å². The molecule has 0 saturated carbocycles. The number of aromatic nitrogens is 1. The van der Waals surface area contributed by atoms with E-state index in [0.717, 1.165) is 18.4 Å². The van der Waals surface area contributed by atoms with Crippen LogP contribution in [0.5, 0.6) is 0 Å². The Morgan fingerprint density at radius 3 is 2.58 bits per heavy atom. The molecular weight excluding hydrogens is 424 g/mol. The molecule has 166 valence electrons. The van der Waals surface area contributed by atoms with Crippen molar-refractivity contribution >= 4 is 18.0 Å². The fraction of sp³-hybridized carbons (Fsp3) is 0.364. The predicted molar refractivity (Wildman–Crippen MR) is 106 cm³/mol. The second-order valence-electron chi connectivity index (χ2n) is 7.12. The first-order valence-corrected chi connectivity index (χ1v) is 9.80. The Morgan fingerprint density at radius 1 is 1.16 bits per heavy atom. The van der Waals surface area contributed by atoms with Crippen molar-refractivity contribution in [3.05, 3.63) is 66.0 Å². The normalized spacial score (nSPS) is 16.5. The molecule has 31 heavy (non-hydrogen) atoms. The molecule has 1 amide bonds. The van der Waals surface area contributed by atoms with Gasteiger partial charge in [-0.1, -0.05) is 30.3 Å². The number of ether oxygens (including phenoxy) is 2. The number of amides is 1. The summed E-state index contributed by atoms with van der Waals surface area (Å²) in [5.74, 6) is -2.06. The van der Waals surface area contributed by atoms with Gasteiger partial charge in [0.25, 0.3) is 6.73 Å². The van der Waals surface area contributed by atoms with Crippen LogP contribution in [0.1, 0.15) is 41.1 Å². The quantitative estimate of drug-likeness (QED) is 0.476. The van der Waals surface area contributed by atoms with Crippen molar-refractivity contribution in [2.24, 2.45) is 0 Å². The van der Waals surface area contributed by atoms with Crippen molar-refractivity contribution in [3.8, 4) is 0 Å². The van der Waals surface area contributed by atoms with Crippen LogP contribution in [-0.2, 0) is 21.0 Å². The Morgan fingerprint density at radius 2 is 1.90 bits per heavy atom. The van der Waals surface area contributed by atoms with Crippen LogP contribution in [0.25, 0.3) is 0 Å². The summed E-state index contributed by atoms with van der Waals surface area (Å²) in [7, 11) is 1.34. The minimum Gasteiger partial charge on any atom is -1.00 e. The SMILES string of the molecule is COC(=O)C(c1ccccc1)C1CCCCN1C(=O)OC[n+]1cccc(C(=O)O)c1.[Cl-]. The van der Waals surface area contributed by atoms with E-state index in [-0.39, 0.29) is 30.7 Å². The maximum atomic E-state index is 12.9. The summed E-state index contributed by atoms with van der Waals surface area (Å²) in [6.07, 6.45) is 4.84. The number of rotatable bonds is 6.